The molecule has 4 rings (SSSR count). The van der Waals surface area contributed by atoms with Crippen LogP contribution in [0.2, 0.25) is 5.02 Å². The summed E-state index contributed by atoms with van der Waals surface area (Å²) in [5.41, 5.74) is 3.65. The standard InChI is InChI=1S/C28H37ClN4O3S.ClH/c1-20-19-26(21(2)18-25(20)29)37(35,36)33-16-5-4-6-24(33)11-12-27(34)32(3)17-13-22-7-9-23(10-8-22)28-30-14-15-31-28;/h7-10,18-19,24H,4-6,11-17H2,1-3H3,(H,30,31);1H. The van der Waals surface area contributed by atoms with Crippen LogP contribution in [-0.4, -0.2) is 68.6 Å². The van der Waals surface area contributed by atoms with Gasteiger partial charge in [0.1, 0.15) is 5.84 Å². The molecule has 1 unspecified atom stereocenters. The molecule has 1 saturated heterocycles. The molecular weight excluding hydrogens is 543 g/mol. The van der Waals surface area contributed by atoms with E-state index in [1.807, 2.05) is 14.0 Å². The Balaban J connectivity index is 0.00000400. The van der Waals surface area contributed by atoms with E-state index in [0.717, 1.165) is 55.7 Å². The van der Waals surface area contributed by atoms with Crippen LogP contribution in [0.3, 0.4) is 0 Å². The fourth-order valence-electron chi connectivity index (χ4n) is 5.06. The van der Waals surface area contributed by atoms with Crippen molar-refractivity contribution < 1.29 is 13.2 Å². The zero-order chi connectivity index (χ0) is 26.6. The highest BCUT2D eigenvalue weighted by Crippen LogP contribution is 2.31. The lowest BCUT2D eigenvalue weighted by atomic mass is 10.00. The Labute approximate surface area is 238 Å². The van der Waals surface area contributed by atoms with E-state index in [9.17, 15) is 13.2 Å². The minimum Gasteiger partial charge on any atom is -0.368 e. The van der Waals surface area contributed by atoms with Gasteiger partial charge < -0.3 is 10.2 Å². The predicted molar refractivity (Wildman–Crippen MR) is 156 cm³/mol. The fraction of sp³-hybridized carbons (Fsp3) is 0.500. The predicted octanol–water partition coefficient (Wildman–Crippen LogP) is 4.75. The zero-order valence-corrected chi connectivity index (χ0v) is 24.8. The summed E-state index contributed by atoms with van der Waals surface area (Å²) in [5, 5.41) is 3.84. The molecule has 1 amide bonds. The molecule has 2 heterocycles. The first kappa shape index (κ1) is 30.4. The summed E-state index contributed by atoms with van der Waals surface area (Å²) >= 11 is 6.21. The van der Waals surface area contributed by atoms with Gasteiger partial charge >= 0.3 is 0 Å². The number of halogens is 2. The SMILES string of the molecule is Cc1cc(S(=O)(=O)N2CCCCC2CCC(=O)N(C)CCc2ccc(C3=NCCN3)cc2)c(C)cc1Cl.Cl. The molecule has 0 aliphatic carbocycles. The Morgan fingerprint density at radius 2 is 1.89 bits per heavy atom. The van der Waals surface area contributed by atoms with Crippen molar-refractivity contribution in [2.45, 2.75) is 63.3 Å². The Morgan fingerprint density at radius 1 is 1.16 bits per heavy atom. The van der Waals surface area contributed by atoms with Crippen LogP contribution in [0.5, 0.6) is 0 Å². The topological polar surface area (TPSA) is 82.1 Å². The van der Waals surface area contributed by atoms with Crippen molar-refractivity contribution in [3.05, 3.63) is 63.7 Å². The molecule has 10 heteroatoms. The van der Waals surface area contributed by atoms with Gasteiger partial charge in [-0.1, -0.05) is 42.3 Å². The number of amides is 1. The van der Waals surface area contributed by atoms with E-state index >= 15 is 0 Å². The third kappa shape index (κ3) is 7.08. The van der Waals surface area contributed by atoms with E-state index in [2.05, 4.69) is 34.6 Å². The van der Waals surface area contributed by atoms with Crippen LogP contribution in [0.1, 0.15) is 54.4 Å². The fourth-order valence-corrected chi connectivity index (χ4v) is 7.30. The van der Waals surface area contributed by atoms with Gasteiger partial charge in [-0.15, -0.1) is 12.4 Å². The summed E-state index contributed by atoms with van der Waals surface area (Å²) < 4.78 is 28.8. The van der Waals surface area contributed by atoms with Crippen molar-refractivity contribution in [3.8, 4) is 0 Å². The van der Waals surface area contributed by atoms with Gasteiger partial charge in [0, 0.05) is 49.7 Å². The number of amidine groups is 1. The molecular formula is C28H38Cl2N4O3S. The minimum absolute atomic E-state index is 0. The third-order valence-electron chi connectivity index (χ3n) is 7.37. The monoisotopic (exact) mass is 580 g/mol. The zero-order valence-electron chi connectivity index (χ0n) is 22.4. The van der Waals surface area contributed by atoms with Gasteiger partial charge in [0.2, 0.25) is 15.9 Å². The van der Waals surface area contributed by atoms with Gasteiger partial charge in [-0.2, -0.15) is 4.31 Å². The number of hydrogen-bond donors (Lipinski definition) is 1. The number of carbonyl (C=O) groups excluding carboxylic acids is 1. The highest BCUT2D eigenvalue weighted by molar-refractivity contribution is 7.89. The van der Waals surface area contributed by atoms with Gasteiger partial charge in [-0.3, -0.25) is 9.79 Å². The van der Waals surface area contributed by atoms with Crippen LogP contribution >= 0.6 is 24.0 Å². The van der Waals surface area contributed by atoms with Crippen LogP contribution in [0, 0.1) is 13.8 Å². The average Bonchev–Trinajstić information content (AvgIpc) is 3.43. The second-order valence-electron chi connectivity index (χ2n) is 10.1. The number of likely N-dealkylation sites (N-methyl/N-ethyl adjacent to an activating group) is 1. The molecule has 1 N–H and O–H groups in total. The molecule has 2 aromatic carbocycles. The number of hydrogen-bond acceptors (Lipinski definition) is 5. The molecule has 0 saturated carbocycles. The lowest BCUT2D eigenvalue weighted by Gasteiger charge is -2.35. The molecule has 0 radical (unpaired) electrons. The Kier molecular flexibility index (Phi) is 10.6. The highest BCUT2D eigenvalue weighted by Gasteiger charge is 2.34. The summed E-state index contributed by atoms with van der Waals surface area (Å²) in [7, 11) is -1.85. The summed E-state index contributed by atoms with van der Waals surface area (Å²) in [5.74, 6) is 0.988. The molecule has 7 nitrogen and oxygen atoms in total. The van der Waals surface area contributed by atoms with Crippen LogP contribution < -0.4 is 5.32 Å². The largest absolute Gasteiger partial charge is 0.368 e. The summed E-state index contributed by atoms with van der Waals surface area (Å²) in [4.78, 5) is 19.4. The molecule has 0 aromatic heterocycles. The van der Waals surface area contributed by atoms with E-state index in [1.54, 1.807) is 28.3 Å². The van der Waals surface area contributed by atoms with Crippen molar-refractivity contribution >= 4 is 45.8 Å². The van der Waals surface area contributed by atoms with Gasteiger partial charge in [0.15, 0.2) is 0 Å². The lowest BCUT2D eigenvalue weighted by Crippen LogP contribution is -2.44. The molecule has 1 atom stereocenters. The second-order valence-corrected chi connectivity index (χ2v) is 12.4. The summed E-state index contributed by atoms with van der Waals surface area (Å²) in [6.07, 6.45) is 4.19. The van der Waals surface area contributed by atoms with Crippen molar-refractivity contribution in [2.75, 3.05) is 33.2 Å². The molecule has 38 heavy (non-hydrogen) atoms. The van der Waals surface area contributed by atoms with E-state index < -0.39 is 10.0 Å². The van der Waals surface area contributed by atoms with Gasteiger partial charge in [-0.25, -0.2) is 8.42 Å². The average molecular weight is 582 g/mol. The van der Waals surface area contributed by atoms with Crippen LogP contribution in [0.25, 0.3) is 0 Å². The Morgan fingerprint density at radius 3 is 2.58 bits per heavy atom. The maximum absolute atomic E-state index is 13.6. The normalized spacial score (nSPS) is 17.9. The number of aryl methyl sites for hydroxylation is 2. The number of aliphatic imine (C=N–C) groups is 1. The van der Waals surface area contributed by atoms with Crippen molar-refractivity contribution in [1.29, 1.82) is 0 Å². The van der Waals surface area contributed by atoms with E-state index in [0.29, 0.717) is 41.4 Å². The number of rotatable bonds is 9. The van der Waals surface area contributed by atoms with Crippen LogP contribution in [0.15, 0.2) is 46.3 Å². The number of nitrogens with one attached hydrogen (secondary N) is 1. The Bertz CT molecular complexity index is 1270. The van der Waals surface area contributed by atoms with Crippen molar-refractivity contribution in [2.24, 2.45) is 4.99 Å². The van der Waals surface area contributed by atoms with Gasteiger partial charge in [0.25, 0.3) is 0 Å². The highest BCUT2D eigenvalue weighted by atomic mass is 35.5. The van der Waals surface area contributed by atoms with Gasteiger partial charge in [0.05, 0.1) is 11.4 Å². The quantitative estimate of drug-likeness (QED) is 0.464. The van der Waals surface area contributed by atoms with Crippen LogP contribution in [0.4, 0.5) is 0 Å². The summed E-state index contributed by atoms with van der Waals surface area (Å²) in [6.45, 7) is 6.40. The third-order valence-corrected chi connectivity index (χ3v) is 9.87. The van der Waals surface area contributed by atoms with Gasteiger partial charge in [-0.05, 0) is 68.4 Å². The first-order valence-corrected chi connectivity index (χ1v) is 14.9. The smallest absolute Gasteiger partial charge is 0.243 e. The van der Waals surface area contributed by atoms with Crippen LogP contribution in [-0.2, 0) is 21.2 Å². The second kappa shape index (κ2) is 13.3. The molecule has 208 valence electrons. The molecule has 0 bridgehead atoms. The van der Waals surface area contributed by atoms with Crippen molar-refractivity contribution in [3.63, 3.8) is 0 Å². The van der Waals surface area contributed by atoms with E-state index in [-0.39, 0.29) is 24.4 Å². The Hall–Kier alpha value is -2.13. The molecule has 2 aliphatic heterocycles. The number of piperidine rings is 1. The molecule has 0 spiro atoms. The lowest BCUT2D eigenvalue weighted by molar-refractivity contribution is -0.130. The van der Waals surface area contributed by atoms with Crippen molar-refractivity contribution in [1.82, 2.24) is 14.5 Å². The number of benzene rings is 2. The van der Waals surface area contributed by atoms with E-state index in [4.69, 9.17) is 11.6 Å². The molecule has 1 fully saturated rings. The first-order chi connectivity index (χ1) is 17.7. The maximum atomic E-state index is 13.6. The van der Waals surface area contributed by atoms with E-state index in [1.165, 1.54) is 5.56 Å². The molecule has 2 aliphatic rings. The minimum atomic E-state index is -3.67. The summed E-state index contributed by atoms with van der Waals surface area (Å²) in [6, 6.07) is 11.5. The maximum Gasteiger partial charge on any atom is 0.243 e. The molecule has 2 aromatic rings. The number of carbonyl (C=O) groups is 1. The first-order valence-electron chi connectivity index (χ1n) is 13.1. The number of nitrogens with zero attached hydrogens (tertiary/aromatic N) is 3. The number of sulfonamides is 1.